The number of hydrogen-bond acceptors (Lipinski definition) is 7. The number of aryl methyl sites for hydroxylation is 2. The van der Waals surface area contributed by atoms with Gasteiger partial charge in [-0.3, -0.25) is 0 Å². The standard InChI is InChI=1S/C24H22N6O2/c1-4-26-23-16(2)17(3)29(15-27-23)14-22-28-30(24(31)32-22)10-9-18-5-7-20-8-6-19(13-25)12-21(20)11-18/h4-8,11-12,15H,3,9-10,14H2,1-2H3. The van der Waals surface area contributed by atoms with Crippen LogP contribution in [0.3, 0.4) is 0 Å². The highest BCUT2D eigenvalue weighted by atomic mass is 16.4. The maximum Gasteiger partial charge on any atom is 0.437 e. The van der Waals surface area contributed by atoms with Gasteiger partial charge in [0.25, 0.3) is 0 Å². The van der Waals surface area contributed by atoms with Crippen molar-refractivity contribution >= 4 is 23.3 Å². The number of aliphatic imine (C=N–C) groups is 2. The Hall–Kier alpha value is -4.25. The van der Waals surface area contributed by atoms with Crippen LogP contribution in [0, 0.1) is 11.3 Å². The topological polar surface area (TPSA) is 99.8 Å². The zero-order valence-electron chi connectivity index (χ0n) is 17.9. The van der Waals surface area contributed by atoms with Crippen molar-refractivity contribution in [2.24, 2.45) is 9.98 Å². The Morgan fingerprint density at radius 1 is 1.25 bits per heavy atom. The summed E-state index contributed by atoms with van der Waals surface area (Å²) in [5.74, 6) is 0.392. The molecule has 0 N–H and O–H groups in total. The van der Waals surface area contributed by atoms with E-state index in [9.17, 15) is 4.79 Å². The Kier molecular flexibility index (Phi) is 5.81. The van der Waals surface area contributed by atoms with E-state index in [2.05, 4.69) is 27.7 Å². The summed E-state index contributed by atoms with van der Waals surface area (Å²) in [6.07, 6.45) is 3.90. The Bertz CT molecular complexity index is 1380. The lowest BCUT2D eigenvalue weighted by molar-refractivity contribution is 0.392. The molecular formula is C24H22N6O2. The lowest BCUT2D eigenvalue weighted by Crippen LogP contribution is -2.24. The van der Waals surface area contributed by atoms with E-state index in [0.717, 1.165) is 27.6 Å². The van der Waals surface area contributed by atoms with E-state index in [1.807, 2.05) is 44.2 Å². The SMILES string of the molecule is C=C1C(C)=C(N=CC)N=CN1Cc1nn(CCc2ccc3ccc(C#N)cc3c2)c(=O)o1. The average Bonchev–Trinajstić information content (AvgIpc) is 3.15. The molecule has 0 amide bonds. The summed E-state index contributed by atoms with van der Waals surface area (Å²) in [6, 6.07) is 13.8. The van der Waals surface area contributed by atoms with Gasteiger partial charge in [0.2, 0.25) is 5.89 Å². The van der Waals surface area contributed by atoms with Crippen LogP contribution in [0.15, 0.2) is 79.3 Å². The molecule has 2 heterocycles. The van der Waals surface area contributed by atoms with E-state index in [-0.39, 0.29) is 12.4 Å². The average molecular weight is 426 g/mol. The molecule has 2 aromatic carbocycles. The highest BCUT2D eigenvalue weighted by Gasteiger charge is 2.19. The van der Waals surface area contributed by atoms with Gasteiger partial charge in [-0.1, -0.05) is 30.8 Å². The molecule has 0 aliphatic carbocycles. The number of aromatic nitrogens is 2. The molecule has 0 radical (unpaired) electrons. The number of allylic oxidation sites excluding steroid dienone is 1. The summed E-state index contributed by atoms with van der Waals surface area (Å²) in [5.41, 5.74) is 3.24. The van der Waals surface area contributed by atoms with Crippen molar-refractivity contribution in [3.63, 3.8) is 0 Å². The van der Waals surface area contributed by atoms with Crippen molar-refractivity contribution < 1.29 is 4.42 Å². The molecule has 4 rings (SSSR count). The van der Waals surface area contributed by atoms with Gasteiger partial charge in [-0.25, -0.2) is 14.8 Å². The van der Waals surface area contributed by atoms with Crippen LogP contribution >= 0.6 is 0 Å². The summed E-state index contributed by atoms with van der Waals surface area (Å²) in [6.45, 7) is 8.43. The third-order valence-electron chi connectivity index (χ3n) is 5.29. The molecule has 0 spiro atoms. The predicted molar refractivity (Wildman–Crippen MR) is 123 cm³/mol. The van der Waals surface area contributed by atoms with E-state index in [1.165, 1.54) is 4.68 Å². The normalized spacial score (nSPS) is 14.0. The molecule has 1 aliphatic heterocycles. The molecule has 32 heavy (non-hydrogen) atoms. The number of fused-ring (bicyclic) bond motifs is 1. The molecule has 3 aromatic rings. The molecule has 0 atom stereocenters. The molecule has 160 valence electrons. The van der Waals surface area contributed by atoms with Gasteiger partial charge in [-0.15, -0.1) is 5.10 Å². The van der Waals surface area contributed by atoms with Crippen LogP contribution < -0.4 is 5.76 Å². The zero-order chi connectivity index (χ0) is 22.7. The van der Waals surface area contributed by atoms with Crippen molar-refractivity contribution in [2.45, 2.75) is 33.4 Å². The van der Waals surface area contributed by atoms with Gasteiger partial charge in [-0.2, -0.15) is 9.94 Å². The third-order valence-corrected chi connectivity index (χ3v) is 5.29. The molecule has 0 saturated heterocycles. The lowest BCUT2D eigenvalue weighted by atomic mass is 10.0. The smallest absolute Gasteiger partial charge is 0.390 e. The number of hydrogen-bond donors (Lipinski definition) is 0. The van der Waals surface area contributed by atoms with E-state index in [0.29, 0.717) is 24.4 Å². The highest BCUT2D eigenvalue weighted by molar-refractivity contribution is 5.84. The van der Waals surface area contributed by atoms with Gasteiger partial charge in [0, 0.05) is 17.5 Å². The van der Waals surface area contributed by atoms with Gasteiger partial charge in [0.1, 0.15) is 6.54 Å². The van der Waals surface area contributed by atoms with Gasteiger partial charge < -0.3 is 9.32 Å². The minimum Gasteiger partial charge on any atom is -0.390 e. The minimum atomic E-state index is -0.504. The molecule has 0 fully saturated rings. The molecule has 1 aliphatic rings. The van der Waals surface area contributed by atoms with Gasteiger partial charge in [-0.05, 0) is 48.7 Å². The Balaban J connectivity index is 1.45. The first-order chi connectivity index (χ1) is 15.5. The molecule has 0 unspecified atom stereocenters. The number of nitrogens with zero attached hydrogens (tertiary/aromatic N) is 6. The fraction of sp³-hybridized carbons (Fsp3) is 0.208. The zero-order valence-corrected chi connectivity index (χ0v) is 17.9. The maximum absolute atomic E-state index is 12.3. The number of rotatable bonds is 6. The molecule has 0 bridgehead atoms. The fourth-order valence-electron chi connectivity index (χ4n) is 3.48. The van der Waals surface area contributed by atoms with Crippen LogP contribution in [-0.4, -0.2) is 27.2 Å². The van der Waals surface area contributed by atoms with E-state index < -0.39 is 5.76 Å². The van der Waals surface area contributed by atoms with Crippen molar-refractivity contribution in [1.29, 1.82) is 5.26 Å². The Morgan fingerprint density at radius 2 is 2.06 bits per heavy atom. The largest absolute Gasteiger partial charge is 0.437 e. The molecule has 8 heteroatoms. The Morgan fingerprint density at radius 3 is 2.84 bits per heavy atom. The second-order valence-electron chi connectivity index (χ2n) is 7.40. The first-order valence-electron chi connectivity index (χ1n) is 10.2. The first kappa shape index (κ1) is 21.0. The molecule has 1 aromatic heterocycles. The van der Waals surface area contributed by atoms with E-state index in [1.54, 1.807) is 23.5 Å². The van der Waals surface area contributed by atoms with Crippen molar-refractivity contribution in [3.8, 4) is 6.07 Å². The maximum atomic E-state index is 12.3. The third kappa shape index (κ3) is 4.27. The quantitative estimate of drug-likeness (QED) is 0.559. The van der Waals surface area contributed by atoms with Crippen LogP contribution in [0.2, 0.25) is 0 Å². The van der Waals surface area contributed by atoms with Gasteiger partial charge >= 0.3 is 5.76 Å². The Labute approximate surface area is 185 Å². The van der Waals surface area contributed by atoms with Crippen LogP contribution in [-0.2, 0) is 19.5 Å². The van der Waals surface area contributed by atoms with Crippen LogP contribution in [0.5, 0.6) is 0 Å². The fourth-order valence-corrected chi connectivity index (χ4v) is 3.48. The highest BCUT2D eigenvalue weighted by Crippen LogP contribution is 2.23. The van der Waals surface area contributed by atoms with Crippen molar-refractivity contribution in [3.05, 3.63) is 87.6 Å². The lowest BCUT2D eigenvalue weighted by Gasteiger charge is -2.24. The molecule has 8 nitrogen and oxygen atoms in total. The van der Waals surface area contributed by atoms with Crippen molar-refractivity contribution in [2.75, 3.05) is 0 Å². The second-order valence-corrected chi connectivity index (χ2v) is 7.40. The number of benzene rings is 2. The van der Waals surface area contributed by atoms with E-state index in [4.69, 9.17) is 9.68 Å². The first-order valence-corrected chi connectivity index (χ1v) is 10.2. The summed E-state index contributed by atoms with van der Waals surface area (Å²) < 4.78 is 6.66. The van der Waals surface area contributed by atoms with Crippen LogP contribution in [0.25, 0.3) is 10.8 Å². The summed E-state index contributed by atoms with van der Waals surface area (Å²) in [4.78, 5) is 22.6. The van der Waals surface area contributed by atoms with Crippen LogP contribution in [0.4, 0.5) is 0 Å². The van der Waals surface area contributed by atoms with E-state index >= 15 is 0 Å². The second kappa shape index (κ2) is 8.86. The van der Waals surface area contributed by atoms with Crippen molar-refractivity contribution in [1.82, 2.24) is 14.7 Å². The summed E-state index contributed by atoms with van der Waals surface area (Å²) >= 11 is 0. The molecule has 0 saturated carbocycles. The number of nitriles is 1. The minimum absolute atomic E-state index is 0.248. The summed E-state index contributed by atoms with van der Waals surface area (Å²) in [5, 5.41) is 15.5. The van der Waals surface area contributed by atoms with Crippen LogP contribution in [0.1, 0.15) is 30.9 Å². The summed E-state index contributed by atoms with van der Waals surface area (Å²) in [7, 11) is 0. The monoisotopic (exact) mass is 426 g/mol. The van der Waals surface area contributed by atoms with Gasteiger partial charge in [0.15, 0.2) is 5.82 Å². The predicted octanol–water partition coefficient (Wildman–Crippen LogP) is 3.78. The molecular weight excluding hydrogens is 404 g/mol. The van der Waals surface area contributed by atoms with Gasteiger partial charge in [0.05, 0.1) is 24.5 Å².